The Labute approximate surface area is 214 Å². The van der Waals surface area contributed by atoms with Gasteiger partial charge in [-0.2, -0.15) is 0 Å². The quantitative estimate of drug-likeness (QED) is 0.449. The Morgan fingerprint density at radius 1 is 1.22 bits per heavy atom. The Bertz CT molecular complexity index is 1170. The summed E-state index contributed by atoms with van der Waals surface area (Å²) >= 11 is 0. The fourth-order valence-electron chi connectivity index (χ4n) is 4.31. The summed E-state index contributed by atoms with van der Waals surface area (Å²) in [6.45, 7) is 6.65. The van der Waals surface area contributed by atoms with E-state index in [1.165, 1.54) is 13.2 Å². The SMILES string of the molecule is CC.CNCCOc1ccc(-c2cc(N3CC[C@@H](C(=O)N(C)C)C3)c3cc(F)c(OC)cc3n2)cc1.[HH]. The van der Waals surface area contributed by atoms with Gasteiger partial charge in [-0.15, -0.1) is 0 Å². The van der Waals surface area contributed by atoms with Crippen molar-refractivity contribution >= 4 is 22.5 Å². The topological polar surface area (TPSA) is 66.9 Å². The lowest BCUT2D eigenvalue weighted by molar-refractivity contribution is -0.132. The normalized spacial score (nSPS) is 14.9. The number of aromatic nitrogens is 1. The molecular formula is C28H39FN4O3. The Morgan fingerprint density at radius 2 is 1.94 bits per heavy atom. The van der Waals surface area contributed by atoms with E-state index in [9.17, 15) is 9.18 Å². The lowest BCUT2D eigenvalue weighted by Crippen LogP contribution is -2.31. The summed E-state index contributed by atoms with van der Waals surface area (Å²) < 4.78 is 25.6. The van der Waals surface area contributed by atoms with Gasteiger partial charge in [0.05, 0.1) is 24.2 Å². The summed E-state index contributed by atoms with van der Waals surface area (Å²) in [5.41, 5.74) is 3.19. The standard InChI is InChI=1S/C26H31FN4O3.C2H6.H2/c1-28-10-12-34-19-7-5-17(6-8-19)22-14-24(31-11-9-18(16-31)26(32)30(2)3)20-13-21(27)25(33-4)15-23(20)29-22;1-2;/h5-8,13-15,18,28H,9-12,16H2,1-4H3;1-2H3;1H/t18-;;/m1../s1. The van der Waals surface area contributed by atoms with Crippen molar-refractivity contribution < 1.29 is 20.1 Å². The molecule has 2 heterocycles. The predicted octanol–water partition coefficient (Wildman–Crippen LogP) is 4.83. The van der Waals surface area contributed by atoms with Crippen molar-refractivity contribution in [3.8, 4) is 22.8 Å². The highest BCUT2D eigenvalue weighted by atomic mass is 19.1. The highest BCUT2D eigenvalue weighted by Gasteiger charge is 2.30. The van der Waals surface area contributed by atoms with E-state index in [0.29, 0.717) is 30.6 Å². The molecule has 0 aliphatic carbocycles. The molecule has 0 bridgehead atoms. The van der Waals surface area contributed by atoms with Gasteiger partial charge < -0.3 is 24.6 Å². The minimum absolute atomic E-state index is 0. The second-order valence-corrected chi connectivity index (χ2v) is 8.67. The lowest BCUT2D eigenvalue weighted by Gasteiger charge is -2.23. The first-order valence-corrected chi connectivity index (χ1v) is 12.4. The number of benzene rings is 2. The maximum absolute atomic E-state index is 14.6. The van der Waals surface area contributed by atoms with Crippen LogP contribution in [0.15, 0.2) is 42.5 Å². The van der Waals surface area contributed by atoms with Crippen LogP contribution in [0.4, 0.5) is 10.1 Å². The van der Waals surface area contributed by atoms with Gasteiger partial charge in [0.1, 0.15) is 12.4 Å². The number of nitrogens with one attached hydrogen (secondary N) is 1. The van der Waals surface area contributed by atoms with Gasteiger partial charge in [-0.1, -0.05) is 13.8 Å². The molecule has 1 aliphatic heterocycles. The molecule has 0 saturated carbocycles. The third kappa shape index (κ3) is 6.05. The second kappa shape index (κ2) is 12.5. The molecule has 1 aromatic heterocycles. The van der Waals surface area contributed by atoms with Crippen molar-refractivity contribution in [2.24, 2.45) is 5.92 Å². The van der Waals surface area contributed by atoms with Crippen LogP contribution in [0.1, 0.15) is 21.7 Å². The fourth-order valence-corrected chi connectivity index (χ4v) is 4.31. The van der Waals surface area contributed by atoms with Gasteiger partial charge in [0.15, 0.2) is 11.6 Å². The average molecular weight is 499 g/mol. The Balaban J connectivity index is 0.00000157. The molecule has 4 rings (SSSR count). The molecule has 1 atom stereocenters. The first-order valence-electron chi connectivity index (χ1n) is 12.4. The van der Waals surface area contributed by atoms with E-state index in [1.807, 2.05) is 51.2 Å². The highest BCUT2D eigenvalue weighted by molar-refractivity contribution is 5.95. The largest absolute Gasteiger partial charge is 0.494 e. The van der Waals surface area contributed by atoms with Gasteiger partial charge in [0, 0.05) is 57.9 Å². The van der Waals surface area contributed by atoms with Crippen molar-refractivity contribution in [2.45, 2.75) is 20.3 Å². The number of anilines is 1. The van der Waals surface area contributed by atoms with Crippen LogP contribution in [0.25, 0.3) is 22.2 Å². The number of pyridine rings is 1. The van der Waals surface area contributed by atoms with Crippen LogP contribution in [-0.4, -0.2) is 70.3 Å². The number of methoxy groups -OCH3 is 1. The van der Waals surface area contributed by atoms with E-state index in [2.05, 4.69) is 10.2 Å². The number of hydrogen-bond acceptors (Lipinski definition) is 6. The minimum atomic E-state index is -0.436. The molecule has 1 saturated heterocycles. The lowest BCUT2D eigenvalue weighted by atomic mass is 10.1. The monoisotopic (exact) mass is 498 g/mol. The van der Waals surface area contributed by atoms with Gasteiger partial charge in [-0.25, -0.2) is 9.37 Å². The van der Waals surface area contributed by atoms with Crippen molar-refractivity contribution in [2.75, 3.05) is 59.4 Å². The summed E-state index contributed by atoms with van der Waals surface area (Å²) in [6, 6.07) is 12.9. The number of ether oxygens (including phenoxy) is 2. The van der Waals surface area contributed by atoms with Crippen LogP contribution >= 0.6 is 0 Å². The van der Waals surface area contributed by atoms with Gasteiger partial charge in [-0.05, 0) is 49.9 Å². The molecule has 36 heavy (non-hydrogen) atoms. The van der Waals surface area contributed by atoms with Crippen LogP contribution in [0.5, 0.6) is 11.5 Å². The fraction of sp³-hybridized carbons (Fsp3) is 0.429. The minimum Gasteiger partial charge on any atom is -0.494 e. The number of carbonyl (C=O) groups excluding carboxylic acids is 1. The first kappa shape index (κ1) is 27.2. The van der Waals surface area contributed by atoms with Gasteiger partial charge in [0.2, 0.25) is 5.91 Å². The zero-order chi connectivity index (χ0) is 26.2. The van der Waals surface area contributed by atoms with E-state index in [0.717, 1.165) is 35.7 Å². The van der Waals surface area contributed by atoms with E-state index in [-0.39, 0.29) is 19.0 Å². The number of rotatable bonds is 8. The predicted molar refractivity (Wildman–Crippen MR) is 146 cm³/mol. The number of fused-ring (bicyclic) bond motifs is 1. The molecule has 1 aliphatic rings. The molecule has 0 unspecified atom stereocenters. The summed E-state index contributed by atoms with van der Waals surface area (Å²) in [5.74, 6) is 0.530. The average Bonchev–Trinajstić information content (AvgIpc) is 3.39. The van der Waals surface area contributed by atoms with Gasteiger partial charge >= 0.3 is 0 Å². The third-order valence-corrected chi connectivity index (χ3v) is 6.15. The van der Waals surface area contributed by atoms with Gasteiger partial charge in [0.25, 0.3) is 0 Å². The molecule has 1 fully saturated rings. The number of halogens is 1. The van der Waals surface area contributed by atoms with Crippen LogP contribution < -0.4 is 19.7 Å². The molecule has 196 valence electrons. The number of likely N-dealkylation sites (N-methyl/N-ethyl adjacent to an activating group) is 1. The number of hydrogen-bond donors (Lipinski definition) is 1. The zero-order valence-electron chi connectivity index (χ0n) is 22.1. The Hall–Kier alpha value is -3.39. The number of carbonyl (C=O) groups is 1. The summed E-state index contributed by atoms with van der Waals surface area (Å²) in [6.07, 6.45) is 0.757. The van der Waals surface area contributed by atoms with Crippen LogP contribution in [-0.2, 0) is 4.79 Å². The van der Waals surface area contributed by atoms with E-state index in [4.69, 9.17) is 14.5 Å². The second-order valence-electron chi connectivity index (χ2n) is 8.67. The highest BCUT2D eigenvalue weighted by Crippen LogP contribution is 2.37. The van der Waals surface area contributed by atoms with E-state index < -0.39 is 5.82 Å². The van der Waals surface area contributed by atoms with Crippen LogP contribution in [0, 0.1) is 11.7 Å². The molecule has 8 heteroatoms. The maximum atomic E-state index is 14.6. The van der Waals surface area contributed by atoms with Crippen molar-refractivity contribution in [3.05, 3.63) is 48.3 Å². The van der Waals surface area contributed by atoms with Gasteiger partial charge in [-0.3, -0.25) is 4.79 Å². The van der Waals surface area contributed by atoms with Crippen molar-refractivity contribution in [3.63, 3.8) is 0 Å². The number of amides is 1. The van der Waals surface area contributed by atoms with Crippen LogP contribution in [0.2, 0.25) is 0 Å². The first-order chi connectivity index (χ1) is 17.4. The smallest absolute Gasteiger partial charge is 0.227 e. The Morgan fingerprint density at radius 3 is 2.58 bits per heavy atom. The van der Waals surface area contributed by atoms with Crippen LogP contribution in [0.3, 0.4) is 0 Å². The Kier molecular flexibility index (Phi) is 9.47. The molecular weight excluding hydrogens is 459 g/mol. The maximum Gasteiger partial charge on any atom is 0.227 e. The van der Waals surface area contributed by atoms with E-state index in [1.54, 1.807) is 25.1 Å². The summed E-state index contributed by atoms with van der Waals surface area (Å²) in [4.78, 5) is 21.1. The molecule has 1 N–H and O–H groups in total. The van der Waals surface area contributed by atoms with Crippen molar-refractivity contribution in [1.82, 2.24) is 15.2 Å². The molecule has 0 radical (unpaired) electrons. The molecule has 2 aromatic carbocycles. The molecule has 7 nitrogen and oxygen atoms in total. The van der Waals surface area contributed by atoms with E-state index >= 15 is 0 Å². The molecule has 3 aromatic rings. The van der Waals surface area contributed by atoms with Crippen molar-refractivity contribution in [1.29, 1.82) is 0 Å². The third-order valence-electron chi connectivity index (χ3n) is 6.15. The number of nitrogens with zero attached hydrogens (tertiary/aromatic N) is 3. The molecule has 1 amide bonds. The molecule has 0 spiro atoms. The zero-order valence-corrected chi connectivity index (χ0v) is 22.1. The summed E-state index contributed by atoms with van der Waals surface area (Å²) in [5, 5.41) is 3.76. The summed E-state index contributed by atoms with van der Waals surface area (Å²) in [7, 11) is 6.88.